The van der Waals surface area contributed by atoms with Gasteiger partial charge < -0.3 is 24.4 Å². The molecule has 9 heteroatoms. The van der Waals surface area contributed by atoms with E-state index in [-0.39, 0.29) is 35.6 Å². The summed E-state index contributed by atoms with van der Waals surface area (Å²) in [5.74, 6) is -1.67. The molecule has 2 fully saturated rings. The number of carbonyl (C=O) groups excluding carboxylic acids is 3. The Balaban J connectivity index is 1.63. The normalized spacial score (nSPS) is 33.0. The van der Waals surface area contributed by atoms with Crippen molar-refractivity contribution in [2.45, 2.75) is 61.6 Å². The molecule has 1 unspecified atom stereocenters. The summed E-state index contributed by atoms with van der Waals surface area (Å²) in [6.45, 7) is 4.40. The number of thioether (sulfide) groups is 1. The molecule has 0 radical (unpaired) electrons. The molecular weight excluding hydrogens is 516 g/mol. The molecule has 4 aliphatic heterocycles. The number of aliphatic hydroxyl groups is 1. The van der Waals surface area contributed by atoms with Gasteiger partial charge in [0, 0.05) is 17.5 Å². The van der Waals surface area contributed by atoms with Crippen LogP contribution in [0.5, 0.6) is 5.75 Å². The Morgan fingerprint density at radius 3 is 2.62 bits per heavy atom. The first kappa shape index (κ1) is 27.8. The highest BCUT2D eigenvalue weighted by Crippen LogP contribution is 2.61. The first-order chi connectivity index (χ1) is 18.9. The molecule has 210 valence electrons. The SMILES string of the molecule is CC[C@H](C)[C@H](CO)N1C(=O)[C@@H]2[C@H]3C(=O)OCCCC/C=C\[C@H]3S[C@@]23C=CCN(c2ccc(OC)cc2)C(=O)C13. The predicted octanol–water partition coefficient (Wildman–Crippen LogP) is 3.59. The summed E-state index contributed by atoms with van der Waals surface area (Å²) in [7, 11) is 1.59. The number of hydrogen-bond donors (Lipinski definition) is 1. The fourth-order valence-electron chi connectivity index (χ4n) is 6.52. The van der Waals surface area contributed by atoms with E-state index in [0.717, 1.165) is 25.7 Å². The van der Waals surface area contributed by atoms with E-state index in [1.165, 1.54) is 11.8 Å². The number of rotatable bonds is 6. The van der Waals surface area contributed by atoms with E-state index < -0.39 is 28.7 Å². The number of nitrogens with zero attached hydrogens (tertiary/aromatic N) is 2. The van der Waals surface area contributed by atoms with Gasteiger partial charge in [-0.1, -0.05) is 44.6 Å². The lowest BCUT2D eigenvalue weighted by Crippen LogP contribution is -2.58. The van der Waals surface area contributed by atoms with Crippen molar-refractivity contribution in [3.63, 3.8) is 0 Å². The van der Waals surface area contributed by atoms with E-state index in [1.54, 1.807) is 16.9 Å². The van der Waals surface area contributed by atoms with E-state index in [1.807, 2.05) is 56.3 Å². The molecule has 7 atom stereocenters. The van der Waals surface area contributed by atoms with E-state index in [0.29, 0.717) is 24.6 Å². The topological polar surface area (TPSA) is 96.4 Å². The maximum Gasteiger partial charge on any atom is 0.311 e. The summed E-state index contributed by atoms with van der Waals surface area (Å²) in [4.78, 5) is 45.8. The quantitative estimate of drug-likeness (QED) is 0.424. The number of fused-ring (bicyclic) bond motifs is 2. The van der Waals surface area contributed by atoms with Crippen molar-refractivity contribution in [2.24, 2.45) is 17.8 Å². The second-order valence-electron chi connectivity index (χ2n) is 10.9. The first-order valence-electron chi connectivity index (χ1n) is 13.9. The number of aliphatic hydroxyl groups excluding tert-OH is 1. The molecule has 2 amide bonds. The zero-order chi connectivity index (χ0) is 27.7. The Morgan fingerprint density at radius 1 is 1.15 bits per heavy atom. The van der Waals surface area contributed by atoms with E-state index in [9.17, 15) is 19.5 Å². The molecule has 1 N–H and O–H groups in total. The van der Waals surface area contributed by atoms with Crippen LogP contribution < -0.4 is 9.64 Å². The Hall–Kier alpha value is -2.78. The van der Waals surface area contributed by atoms with Gasteiger partial charge in [0.05, 0.1) is 42.9 Å². The van der Waals surface area contributed by atoms with Gasteiger partial charge in [-0.3, -0.25) is 14.4 Å². The second kappa shape index (κ2) is 11.4. The summed E-state index contributed by atoms with van der Waals surface area (Å²) < 4.78 is 10.0. The van der Waals surface area contributed by atoms with Gasteiger partial charge in [-0.05, 0) is 49.4 Å². The number of esters is 1. The maximum absolute atomic E-state index is 14.6. The third-order valence-corrected chi connectivity index (χ3v) is 10.5. The fourth-order valence-corrected chi connectivity index (χ4v) is 8.51. The molecule has 0 aromatic heterocycles. The van der Waals surface area contributed by atoms with Crippen LogP contribution in [0.15, 0.2) is 48.6 Å². The number of carbonyl (C=O) groups is 3. The van der Waals surface area contributed by atoms with Gasteiger partial charge in [0.25, 0.3) is 5.91 Å². The zero-order valence-corrected chi connectivity index (χ0v) is 23.6. The lowest BCUT2D eigenvalue weighted by Gasteiger charge is -2.40. The van der Waals surface area contributed by atoms with Gasteiger partial charge in [-0.15, -0.1) is 11.8 Å². The second-order valence-corrected chi connectivity index (χ2v) is 12.4. The minimum atomic E-state index is -0.955. The first-order valence-corrected chi connectivity index (χ1v) is 14.8. The number of allylic oxidation sites excluding steroid dienone is 1. The molecule has 2 saturated heterocycles. The van der Waals surface area contributed by atoms with Crippen LogP contribution in [0.1, 0.15) is 39.5 Å². The molecular formula is C30H38N2O6S. The Labute approximate surface area is 234 Å². The minimum absolute atomic E-state index is 0.0408. The lowest BCUT2D eigenvalue weighted by molar-refractivity contribution is -0.153. The smallest absolute Gasteiger partial charge is 0.311 e. The number of hydrogen-bond acceptors (Lipinski definition) is 7. The molecule has 0 saturated carbocycles. The van der Waals surface area contributed by atoms with Crippen molar-refractivity contribution in [2.75, 3.05) is 31.8 Å². The average Bonchev–Trinajstić information content (AvgIpc) is 3.34. The minimum Gasteiger partial charge on any atom is -0.497 e. The molecule has 39 heavy (non-hydrogen) atoms. The fraction of sp³-hybridized carbons (Fsp3) is 0.567. The molecule has 0 aliphatic carbocycles. The number of cyclic esters (lactones) is 1. The van der Waals surface area contributed by atoms with Gasteiger partial charge in [-0.25, -0.2) is 0 Å². The largest absolute Gasteiger partial charge is 0.497 e. The Bertz CT molecular complexity index is 1150. The Morgan fingerprint density at radius 2 is 1.92 bits per heavy atom. The summed E-state index contributed by atoms with van der Waals surface area (Å²) in [6, 6.07) is 5.87. The molecule has 1 aromatic carbocycles. The molecule has 0 bridgehead atoms. The van der Waals surface area contributed by atoms with Crippen LogP contribution >= 0.6 is 11.8 Å². The van der Waals surface area contributed by atoms with Crippen LogP contribution in [-0.4, -0.2) is 76.7 Å². The molecule has 4 heterocycles. The van der Waals surface area contributed by atoms with Crippen LogP contribution in [0.2, 0.25) is 0 Å². The van der Waals surface area contributed by atoms with Crippen molar-refractivity contribution in [1.82, 2.24) is 4.90 Å². The van der Waals surface area contributed by atoms with Gasteiger partial charge in [-0.2, -0.15) is 0 Å². The summed E-state index contributed by atoms with van der Waals surface area (Å²) >= 11 is 1.53. The van der Waals surface area contributed by atoms with Crippen molar-refractivity contribution < 1.29 is 29.0 Å². The highest BCUT2D eigenvalue weighted by atomic mass is 32.2. The number of ether oxygens (including phenoxy) is 2. The van der Waals surface area contributed by atoms with Crippen molar-refractivity contribution in [3.05, 3.63) is 48.6 Å². The van der Waals surface area contributed by atoms with Crippen molar-refractivity contribution in [3.8, 4) is 5.75 Å². The van der Waals surface area contributed by atoms with Crippen LogP contribution in [0.3, 0.4) is 0 Å². The highest BCUT2D eigenvalue weighted by molar-refractivity contribution is 8.02. The number of benzene rings is 1. The summed E-state index contributed by atoms with van der Waals surface area (Å²) in [5, 5.41) is 10.2. The van der Waals surface area contributed by atoms with Crippen LogP contribution in [0.4, 0.5) is 5.69 Å². The van der Waals surface area contributed by atoms with Crippen molar-refractivity contribution in [1.29, 1.82) is 0 Å². The third kappa shape index (κ3) is 4.67. The Kier molecular flexibility index (Phi) is 8.10. The summed E-state index contributed by atoms with van der Waals surface area (Å²) in [6.07, 6.45) is 11.4. The van der Waals surface area contributed by atoms with E-state index in [2.05, 4.69) is 6.08 Å². The molecule has 5 rings (SSSR count). The third-order valence-electron chi connectivity index (χ3n) is 8.77. The zero-order valence-electron chi connectivity index (χ0n) is 22.8. The predicted molar refractivity (Wildman–Crippen MR) is 150 cm³/mol. The van der Waals surface area contributed by atoms with Gasteiger partial charge in [0.2, 0.25) is 5.91 Å². The van der Waals surface area contributed by atoms with Crippen LogP contribution in [0, 0.1) is 17.8 Å². The number of methoxy groups -OCH3 is 1. The van der Waals surface area contributed by atoms with E-state index in [4.69, 9.17) is 9.47 Å². The molecule has 4 aliphatic rings. The number of amides is 2. The monoisotopic (exact) mass is 554 g/mol. The molecule has 1 aromatic rings. The molecule has 8 nitrogen and oxygen atoms in total. The molecule has 1 spiro atoms. The highest BCUT2D eigenvalue weighted by Gasteiger charge is 2.72. The van der Waals surface area contributed by atoms with Crippen LogP contribution in [-0.2, 0) is 19.1 Å². The standard InChI is InChI=1S/C30H38N2O6S/c1-4-19(2)22(18-33)32-26-28(35)31(20-11-13-21(37-3)14-12-20)16-9-15-30(26)25(27(32)34)24-23(39-30)10-7-5-6-8-17-38-29(24)36/h7,9-15,19,22-26,33H,4-6,8,16-18H2,1-3H3/b10-7-/t19-,22-,23+,24-,25-,26?,30-/m0/s1. The van der Waals surface area contributed by atoms with E-state index >= 15 is 0 Å². The lowest BCUT2D eigenvalue weighted by atomic mass is 9.78. The van der Waals surface area contributed by atoms with Gasteiger partial charge in [0.1, 0.15) is 11.8 Å². The summed E-state index contributed by atoms with van der Waals surface area (Å²) in [5.41, 5.74) is 0.698. The number of anilines is 1. The number of likely N-dealkylation sites (tertiary alicyclic amines) is 1. The maximum atomic E-state index is 14.6. The average molecular weight is 555 g/mol. The van der Waals surface area contributed by atoms with Gasteiger partial charge in [0.15, 0.2) is 0 Å². The van der Waals surface area contributed by atoms with Crippen LogP contribution in [0.25, 0.3) is 0 Å². The van der Waals surface area contributed by atoms with Crippen molar-refractivity contribution >= 4 is 35.2 Å². The van der Waals surface area contributed by atoms with Gasteiger partial charge >= 0.3 is 5.97 Å².